The van der Waals surface area contributed by atoms with Crippen molar-refractivity contribution < 1.29 is 41.4 Å². The molecule has 9 nitrogen and oxygen atoms in total. The molecule has 3 amide bonds. The number of aromatic nitrogens is 2. The van der Waals surface area contributed by atoms with Crippen molar-refractivity contribution in [3.8, 4) is 22.5 Å². The van der Waals surface area contributed by atoms with E-state index < -0.39 is 41.1 Å². The van der Waals surface area contributed by atoms with Crippen molar-refractivity contribution >= 4 is 29.3 Å². The zero-order chi connectivity index (χ0) is 33.1. The van der Waals surface area contributed by atoms with Crippen LogP contribution in [0.4, 0.5) is 38.1 Å². The van der Waals surface area contributed by atoms with Gasteiger partial charge < -0.3 is 26.0 Å². The Morgan fingerprint density at radius 2 is 1.37 bits per heavy atom. The summed E-state index contributed by atoms with van der Waals surface area (Å²) in [5.74, 6) is -5.15. The third-order valence-electron chi connectivity index (χ3n) is 6.67. The average molecular weight is 636 g/mol. The zero-order valence-corrected chi connectivity index (χ0v) is 23.6. The van der Waals surface area contributed by atoms with Crippen LogP contribution in [0.2, 0.25) is 0 Å². The van der Waals surface area contributed by atoms with Crippen LogP contribution in [0.1, 0.15) is 32.0 Å². The molecule has 2 heterocycles. The van der Waals surface area contributed by atoms with Gasteiger partial charge in [-0.3, -0.25) is 4.79 Å². The van der Waals surface area contributed by atoms with Crippen molar-refractivity contribution in [1.82, 2.24) is 15.3 Å². The minimum atomic E-state index is -1.34. The fourth-order valence-electron chi connectivity index (χ4n) is 4.76. The molecule has 14 heteroatoms. The van der Waals surface area contributed by atoms with Crippen LogP contribution in [0.25, 0.3) is 22.5 Å². The molecule has 5 N–H and O–H groups in total. The Labute approximate surface area is 257 Å². The van der Waals surface area contributed by atoms with Crippen LogP contribution in [0.5, 0.6) is 0 Å². The number of carboxylic acids is 1. The van der Waals surface area contributed by atoms with Crippen molar-refractivity contribution in [3.63, 3.8) is 0 Å². The number of imidazole rings is 1. The van der Waals surface area contributed by atoms with Crippen LogP contribution in [-0.2, 0) is 6.54 Å². The molecule has 0 fully saturated rings. The van der Waals surface area contributed by atoms with Gasteiger partial charge in [0.15, 0.2) is 0 Å². The fourth-order valence-corrected chi connectivity index (χ4v) is 4.76. The van der Waals surface area contributed by atoms with Gasteiger partial charge >= 0.3 is 12.0 Å². The van der Waals surface area contributed by atoms with Gasteiger partial charge in [-0.1, -0.05) is 6.07 Å². The number of carbonyl (C=O) groups is 3. The van der Waals surface area contributed by atoms with E-state index in [1.165, 1.54) is 12.1 Å². The first-order valence-electron chi connectivity index (χ1n) is 13.4. The minimum absolute atomic E-state index is 0.0864. The quantitative estimate of drug-likeness (QED) is 0.132. The zero-order valence-electron chi connectivity index (χ0n) is 23.6. The van der Waals surface area contributed by atoms with Crippen LogP contribution in [0.15, 0.2) is 72.9 Å². The van der Waals surface area contributed by atoms with Crippen molar-refractivity contribution in [1.29, 1.82) is 0 Å². The first-order valence-corrected chi connectivity index (χ1v) is 13.4. The van der Waals surface area contributed by atoms with Gasteiger partial charge in [0.25, 0.3) is 5.91 Å². The summed E-state index contributed by atoms with van der Waals surface area (Å²) in [6.07, 6.45) is 1.66. The van der Waals surface area contributed by atoms with Crippen LogP contribution < -0.4 is 16.0 Å². The highest BCUT2D eigenvalue weighted by Crippen LogP contribution is 2.37. The van der Waals surface area contributed by atoms with E-state index in [1.807, 2.05) is 6.92 Å². The Kier molecular flexibility index (Phi) is 8.80. The smallest absolute Gasteiger partial charge is 0.335 e. The van der Waals surface area contributed by atoms with Crippen molar-refractivity contribution in [3.05, 3.63) is 124 Å². The number of halogens is 5. The standard InChI is InChI=1S/C25H18F3N5O2.C7H4F2O2/c1-12-10-29-23(31-12)19-5-4-17(20-11-30-24(34)22(19)20)18-3-2-15(9-21(18)28)32-25(35)33-16-7-13(26)6-14(27)8-16;8-5-1-4(7(10)11)2-6(9)3-5/h2-10H,11H2,1H3,(H,29,31)(H,30,34)(H2,32,33,35);1-3H,(H,10,11). The second-order valence-corrected chi connectivity index (χ2v) is 10.0. The lowest BCUT2D eigenvalue weighted by molar-refractivity contribution is 0.0695. The van der Waals surface area contributed by atoms with Gasteiger partial charge in [0.05, 0.1) is 11.1 Å². The van der Waals surface area contributed by atoms with E-state index in [2.05, 4.69) is 25.9 Å². The van der Waals surface area contributed by atoms with E-state index >= 15 is 4.39 Å². The molecule has 1 aliphatic rings. The maximum absolute atomic E-state index is 15.1. The normalized spacial score (nSPS) is 11.7. The second kappa shape index (κ2) is 12.9. The topological polar surface area (TPSA) is 136 Å². The highest BCUT2D eigenvalue weighted by atomic mass is 19.1. The molecule has 0 spiro atoms. The van der Waals surface area contributed by atoms with Gasteiger partial charge in [-0.05, 0) is 66.6 Å². The van der Waals surface area contributed by atoms with Crippen molar-refractivity contribution in [2.45, 2.75) is 13.5 Å². The van der Waals surface area contributed by atoms with Crippen molar-refractivity contribution in [2.75, 3.05) is 10.6 Å². The second-order valence-electron chi connectivity index (χ2n) is 10.0. The number of aromatic carboxylic acids is 1. The Bertz CT molecular complexity index is 1970. The fraction of sp³-hybridized carbons (Fsp3) is 0.0625. The molecular weight excluding hydrogens is 613 g/mol. The number of H-pyrrole nitrogens is 1. The Balaban J connectivity index is 0.000000322. The Morgan fingerprint density at radius 1 is 0.783 bits per heavy atom. The lowest BCUT2D eigenvalue weighted by Gasteiger charge is -2.13. The molecular formula is C32H22F5N5O4. The lowest BCUT2D eigenvalue weighted by atomic mass is 9.92. The largest absolute Gasteiger partial charge is 0.478 e. The number of benzene rings is 4. The molecule has 1 aliphatic heterocycles. The number of nitrogens with one attached hydrogen (secondary N) is 4. The van der Waals surface area contributed by atoms with Gasteiger partial charge in [0.2, 0.25) is 0 Å². The molecule has 5 aromatic rings. The summed E-state index contributed by atoms with van der Waals surface area (Å²) in [7, 11) is 0. The van der Waals surface area contributed by atoms with Crippen LogP contribution in [-0.4, -0.2) is 33.0 Å². The summed E-state index contributed by atoms with van der Waals surface area (Å²) < 4.78 is 66.3. The maximum Gasteiger partial charge on any atom is 0.335 e. The van der Waals surface area contributed by atoms with Crippen LogP contribution in [0, 0.1) is 36.0 Å². The number of fused-ring (bicyclic) bond motifs is 1. The van der Waals surface area contributed by atoms with E-state index in [1.54, 1.807) is 18.3 Å². The lowest BCUT2D eigenvalue weighted by Crippen LogP contribution is -2.19. The SMILES string of the molecule is Cc1cnc(-c2ccc(-c3ccc(NC(=O)Nc4cc(F)cc(F)c4)cc3F)c3c2C(=O)NC3)[nH]1.O=C(O)c1cc(F)cc(F)c1. The van der Waals surface area contributed by atoms with Gasteiger partial charge in [0.1, 0.15) is 34.9 Å². The molecule has 6 rings (SSSR count). The van der Waals surface area contributed by atoms with E-state index in [0.717, 1.165) is 36.0 Å². The predicted molar refractivity (Wildman–Crippen MR) is 158 cm³/mol. The van der Waals surface area contributed by atoms with E-state index in [-0.39, 0.29) is 35.0 Å². The summed E-state index contributed by atoms with van der Waals surface area (Å²) in [6.45, 7) is 2.09. The number of carbonyl (C=O) groups excluding carboxylic acids is 2. The van der Waals surface area contributed by atoms with Crippen LogP contribution >= 0.6 is 0 Å². The molecule has 1 aromatic heterocycles. The summed E-state index contributed by atoms with van der Waals surface area (Å²) in [5, 5.41) is 15.8. The van der Waals surface area contributed by atoms with E-state index in [0.29, 0.717) is 40.2 Å². The van der Waals surface area contributed by atoms with Crippen LogP contribution in [0.3, 0.4) is 0 Å². The van der Waals surface area contributed by atoms with Gasteiger partial charge in [-0.15, -0.1) is 0 Å². The highest BCUT2D eigenvalue weighted by molar-refractivity contribution is 6.06. The highest BCUT2D eigenvalue weighted by Gasteiger charge is 2.28. The number of rotatable bonds is 5. The summed E-state index contributed by atoms with van der Waals surface area (Å²) >= 11 is 0. The molecule has 0 atom stereocenters. The number of aromatic amines is 1. The molecule has 0 saturated heterocycles. The maximum atomic E-state index is 15.1. The summed E-state index contributed by atoms with van der Waals surface area (Å²) in [5.41, 5.74) is 2.99. The number of hydrogen-bond donors (Lipinski definition) is 5. The van der Waals surface area contributed by atoms with Gasteiger partial charge in [-0.2, -0.15) is 0 Å². The first-order chi connectivity index (χ1) is 21.9. The molecule has 0 aliphatic carbocycles. The third kappa shape index (κ3) is 7.01. The molecule has 0 bridgehead atoms. The Morgan fingerprint density at radius 3 is 1.96 bits per heavy atom. The molecule has 234 valence electrons. The Hall–Kier alpha value is -6.05. The van der Waals surface area contributed by atoms with E-state index in [4.69, 9.17) is 5.11 Å². The summed E-state index contributed by atoms with van der Waals surface area (Å²) in [6, 6.07) is 11.5. The number of urea groups is 1. The van der Waals surface area contributed by atoms with Gasteiger partial charge in [-0.25, -0.2) is 36.5 Å². The summed E-state index contributed by atoms with van der Waals surface area (Å²) in [4.78, 5) is 42.3. The number of carboxylic acid groups (broad SMARTS) is 1. The average Bonchev–Trinajstić information content (AvgIpc) is 3.58. The predicted octanol–water partition coefficient (Wildman–Crippen LogP) is 7.02. The number of amides is 3. The number of hydrogen-bond acceptors (Lipinski definition) is 4. The molecule has 4 aromatic carbocycles. The number of aryl methyl sites for hydroxylation is 1. The number of nitrogens with zero attached hydrogens (tertiary/aromatic N) is 1. The van der Waals surface area contributed by atoms with Gasteiger partial charge in [0, 0.05) is 53.1 Å². The molecule has 0 saturated carbocycles. The first kappa shape index (κ1) is 31.4. The monoisotopic (exact) mass is 635 g/mol. The minimum Gasteiger partial charge on any atom is -0.478 e. The third-order valence-corrected chi connectivity index (χ3v) is 6.67. The molecule has 0 unspecified atom stereocenters. The number of anilines is 2. The molecule has 0 radical (unpaired) electrons. The molecule has 46 heavy (non-hydrogen) atoms. The van der Waals surface area contributed by atoms with Crippen molar-refractivity contribution in [2.24, 2.45) is 0 Å². The van der Waals surface area contributed by atoms with E-state index in [9.17, 15) is 31.9 Å².